The van der Waals surface area contributed by atoms with Gasteiger partial charge in [0.1, 0.15) is 22.3 Å². The molecule has 2 amide bonds. The molecule has 2 aliphatic rings. The van der Waals surface area contributed by atoms with Gasteiger partial charge >= 0.3 is 24.1 Å². The third-order valence-corrected chi connectivity index (χ3v) is 9.22. The predicted octanol–water partition coefficient (Wildman–Crippen LogP) is 6.53. The zero-order chi connectivity index (χ0) is 40.8. The number of nitrogens with one attached hydrogen (secondary N) is 2. The number of anilines is 2. The van der Waals surface area contributed by atoms with Crippen molar-refractivity contribution in [2.24, 2.45) is 0 Å². The van der Waals surface area contributed by atoms with Crippen molar-refractivity contribution in [3.8, 4) is 0 Å². The van der Waals surface area contributed by atoms with E-state index in [9.17, 15) is 19.2 Å². The first-order valence-electron chi connectivity index (χ1n) is 19.3. The summed E-state index contributed by atoms with van der Waals surface area (Å²) in [5.41, 5.74) is 9.55. The van der Waals surface area contributed by atoms with Crippen LogP contribution in [0.4, 0.5) is 21.0 Å². The normalized spacial score (nSPS) is 15.5. The van der Waals surface area contributed by atoms with Crippen LogP contribution in [-0.2, 0) is 18.9 Å². The van der Waals surface area contributed by atoms with Gasteiger partial charge < -0.3 is 34.9 Å². The molecule has 2 saturated heterocycles. The standard InChI is InChI=1S/C25H36N4O6.C15H20N4O2/c1-8-33-21(30)18-15-29-17(14-20(18)26-22(31)34-24(2,3)4)13-19(27-29)16-9-11-28(12-10-16)23(32)35-25(5,6)7;1-2-21-15(20)12-9-19-11(7-13(12)16)8-14(18-19)10-3-5-17-6-4-10/h13-16H,8-12H2,1-7H3,(H,26,31);7-10,17H,2-6,16H2,1H3. The molecule has 56 heavy (non-hydrogen) atoms. The number of carbonyl (C=O) groups excluding carboxylic acids is 4. The highest BCUT2D eigenvalue weighted by Crippen LogP contribution is 2.31. The van der Waals surface area contributed by atoms with Crippen LogP contribution in [-0.4, -0.2) is 98.8 Å². The van der Waals surface area contributed by atoms with Crippen LogP contribution >= 0.6 is 0 Å². The minimum absolute atomic E-state index is 0.155. The van der Waals surface area contributed by atoms with Crippen LogP contribution in [0, 0.1) is 0 Å². The zero-order valence-electron chi connectivity index (χ0n) is 33.8. The fourth-order valence-electron chi connectivity index (χ4n) is 6.60. The maximum absolute atomic E-state index is 12.6. The third kappa shape index (κ3) is 10.9. The number of rotatable bonds is 7. The average Bonchev–Trinajstić information content (AvgIpc) is 3.74. The van der Waals surface area contributed by atoms with Crippen molar-refractivity contribution in [1.82, 2.24) is 29.4 Å². The Kier molecular flexibility index (Phi) is 13.1. The number of fused-ring (bicyclic) bond motifs is 2. The number of esters is 2. The summed E-state index contributed by atoms with van der Waals surface area (Å²) in [7, 11) is 0. The largest absolute Gasteiger partial charge is 0.462 e. The molecule has 304 valence electrons. The van der Waals surface area contributed by atoms with Crippen molar-refractivity contribution >= 4 is 46.5 Å². The summed E-state index contributed by atoms with van der Waals surface area (Å²) in [5, 5.41) is 15.3. The number of carbonyl (C=O) groups is 4. The molecule has 6 rings (SSSR count). The Labute approximate surface area is 327 Å². The summed E-state index contributed by atoms with van der Waals surface area (Å²) in [5.74, 6) is -0.348. The van der Waals surface area contributed by atoms with E-state index < -0.39 is 29.2 Å². The number of nitrogens with zero attached hydrogens (tertiary/aromatic N) is 5. The molecule has 0 bridgehead atoms. The Morgan fingerprint density at radius 1 is 0.750 bits per heavy atom. The second-order valence-corrected chi connectivity index (χ2v) is 16.0. The topological polar surface area (TPSA) is 193 Å². The van der Waals surface area contributed by atoms with Crippen molar-refractivity contribution in [2.75, 3.05) is 50.4 Å². The first-order valence-corrected chi connectivity index (χ1v) is 19.3. The Morgan fingerprint density at radius 3 is 1.79 bits per heavy atom. The average molecular weight is 777 g/mol. The molecule has 0 radical (unpaired) electrons. The van der Waals surface area contributed by atoms with Crippen LogP contribution in [0.15, 0.2) is 36.7 Å². The number of hydrogen-bond acceptors (Lipinski definition) is 12. The molecule has 0 saturated carbocycles. The van der Waals surface area contributed by atoms with Crippen LogP contribution < -0.4 is 16.4 Å². The summed E-state index contributed by atoms with van der Waals surface area (Å²) in [4.78, 5) is 50.9. The highest BCUT2D eigenvalue weighted by molar-refractivity contribution is 6.00. The quantitative estimate of drug-likeness (QED) is 0.136. The number of nitrogen functional groups attached to an aromatic ring is 1. The molecule has 6 heterocycles. The molecule has 2 aliphatic heterocycles. The predicted molar refractivity (Wildman–Crippen MR) is 211 cm³/mol. The van der Waals surface area contributed by atoms with Crippen molar-refractivity contribution in [3.05, 3.63) is 59.2 Å². The van der Waals surface area contributed by atoms with Gasteiger partial charge in [-0.15, -0.1) is 0 Å². The second kappa shape index (κ2) is 17.6. The lowest BCUT2D eigenvalue weighted by Crippen LogP contribution is -2.41. The van der Waals surface area contributed by atoms with E-state index in [-0.39, 0.29) is 29.9 Å². The van der Waals surface area contributed by atoms with E-state index in [2.05, 4.69) is 26.9 Å². The minimum atomic E-state index is -0.684. The summed E-state index contributed by atoms with van der Waals surface area (Å²) >= 11 is 0. The molecule has 0 spiro atoms. The van der Waals surface area contributed by atoms with Crippen LogP contribution in [0.3, 0.4) is 0 Å². The molecule has 4 aromatic heterocycles. The lowest BCUT2D eigenvalue weighted by molar-refractivity contribution is 0.0203. The van der Waals surface area contributed by atoms with Gasteiger partial charge in [-0.3, -0.25) is 5.32 Å². The highest BCUT2D eigenvalue weighted by Gasteiger charge is 2.29. The van der Waals surface area contributed by atoms with Crippen molar-refractivity contribution in [2.45, 2.75) is 104 Å². The fraction of sp³-hybridized carbons (Fsp3) is 0.550. The molecule has 16 nitrogen and oxygen atoms in total. The Balaban J connectivity index is 0.000000242. The van der Waals surface area contributed by atoms with Gasteiger partial charge in [0.05, 0.1) is 41.3 Å². The first kappa shape index (κ1) is 41.8. The maximum atomic E-state index is 12.6. The van der Waals surface area contributed by atoms with Crippen molar-refractivity contribution in [3.63, 3.8) is 0 Å². The molecule has 0 aliphatic carbocycles. The number of ether oxygens (including phenoxy) is 4. The number of piperidine rings is 2. The van der Waals surface area contributed by atoms with Gasteiger partial charge in [0.25, 0.3) is 0 Å². The van der Waals surface area contributed by atoms with E-state index in [1.807, 2.05) is 26.8 Å². The lowest BCUT2D eigenvalue weighted by Gasteiger charge is -2.32. The SMILES string of the molecule is CCOC(=O)c1cn2nc(C3CCN(C(=O)OC(C)(C)C)CC3)cc2cc1NC(=O)OC(C)(C)C.CCOC(=O)c1cn2nc(C3CCNCC3)cc2cc1N. The molecule has 0 atom stereocenters. The molecule has 2 fully saturated rings. The van der Waals surface area contributed by atoms with Gasteiger partial charge in [-0.1, -0.05) is 0 Å². The summed E-state index contributed by atoms with van der Waals surface area (Å²) in [6.45, 7) is 18.1. The Hall–Kier alpha value is -5.38. The fourth-order valence-corrected chi connectivity index (χ4v) is 6.60. The monoisotopic (exact) mass is 776 g/mol. The highest BCUT2D eigenvalue weighted by atomic mass is 16.6. The second-order valence-electron chi connectivity index (χ2n) is 16.0. The summed E-state index contributed by atoms with van der Waals surface area (Å²) in [6.07, 6.45) is 5.92. The van der Waals surface area contributed by atoms with Gasteiger partial charge in [-0.25, -0.2) is 28.2 Å². The lowest BCUT2D eigenvalue weighted by atomic mass is 9.94. The van der Waals surface area contributed by atoms with E-state index in [0.717, 1.165) is 55.7 Å². The van der Waals surface area contributed by atoms with Crippen molar-refractivity contribution < 1.29 is 38.1 Å². The van der Waals surface area contributed by atoms with Gasteiger partial charge in [0.15, 0.2) is 0 Å². The molecule has 4 N–H and O–H groups in total. The number of amides is 2. The molecule has 0 unspecified atom stereocenters. The smallest absolute Gasteiger partial charge is 0.412 e. The maximum Gasteiger partial charge on any atom is 0.412 e. The zero-order valence-corrected chi connectivity index (χ0v) is 33.8. The molecule has 0 aromatic carbocycles. The van der Waals surface area contributed by atoms with Gasteiger partial charge in [-0.05, 0) is 118 Å². The van der Waals surface area contributed by atoms with Crippen LogP contribution in [0.2, 0.25) is 0 Å². The molecule has 4 aromatic rings. The number of pyridine rings is 2. The van der Waals surface area contributed by atoms with Gasteiger partial charge in [0.2, 0.25) is 0 Å². The molecular formula is C40H56N8O8. The van der Waals surface area contributed by atoms with E-state index >= 15 is 0 Å². The summed E-state index contributed by atoms with van der Waals surface area (Å²) in [6, 6.07) is 7.45. The number of aromatic nitrogens is 4. The van der Waals surface area contributed by atoms with E-state index in [1.165, 1.54) is 0 Å². The Morgan fingerprint density at radius 2 is 1.25 bits per heavy atom. The first-order chi connectivity index (χ1) is 26.4. The Bertz CT molecular complexity index is 2030. The number of hydrogen-bond donors (Lipinski definition) is 3. The number of nitrogens with two attached hydrogens (primary N) is 1. The molecular weight excluding hydrogens is 720 g/mol. The van der Waals surface area contributed by atoms with Gasteiger partial charge in [-0.2, -0.15) is 10.2 Å². The summed E-state index contributed by atoms with van der Waals surface area (Å²) < 4.78 is 24.3. The molecule has 16 heteroatoms. The third-order valence-electron chi connectivity index (χ3n) is 9.22. The van der Waals surface area contributed by atoms with Gasteiger partial charge in [0, 0.05) is 43.0 Å². The van der Waals surface area contributed by atoms with Crippen LogP contribution in [0.25, 0.3) is 11.0 Å². The van der Waals surface area contributed by atoms with Crippen LogP contribution in [0.1, 0.15) is 125 Å². The number of likely N-dealkylation sites (tertiary alicyclic amines) is 1. The van der Waals surface area contributed by atoms with E-state index in [1.54, 1.807) is 73.1 Å². The minimum Gasteiger partial charge on any atom is -0.462 e. The van der Waals surface area contributed by atoms with E-state index in [0.29, 0.717) is 42.4 Å². The van der Waals surface area contributed by atoms with Crippen LogP contribution in [0.5, 0.6) is 0 Å². The van der Waals surface area contributed by atoms with E-state index in [4.69, 9.17) is 24.7 Å². The van der Waals surface area contributed by atoms with Crippen molar-refractivity contribution in [1.29, 1.82) is 0 Å².